The van der Waals surface area contributed by atoms with Crippen LogP contribution < -0.4 is 10.1 Å². The van der Waals surface area contributed by atoms with Crippen LogP contribution >= 0.6 is 11.6 Å². The Hall–Kier alpha value is -2.74. The zero-order valence-electron chi connectivity index (χ0n) is 11.4. The van der Waals surface area contributed by atoms with Gasteiger partial charge in [-0.15, -0.1) is 0 Å². The van der Waals surface area contributed by atoms with Crippen LogP contribution in [0.2, 0.25) is 5.02 Å². The van der Waals surface area contributed by atoms with Gasteiger partial charge in [0.15, 0.2) is 0 Å². The first-order valence-corrected chi connectivity index (χ1v) is 6.59. The summed E-state index contributed by atoms with van der Waals surface area (Å²) < 4.78 is 5.09. The van der Waals surface area contributed by atoms with Crippen LogP contribution in [-0.4, -0.2) is 27.4 Å². The normalized spacial score (nSPS) is 10.1. The molecule has 0 aliphatic carbocycles. The molecule has 2 rings (SSSR count). The molecule has 0 aliphatic heterocycles. The Morgan fingerprint density at radius 3 is 2.64 bits per heavy atom. The summed E-state index contributed by atoms with van der Waals surface area (Å²) in [6.07, 6.45) is 2.77. The van der Waals surface area contributed by atoms with E-state index in [1.54, 1.807) is 6.92 Å². The predicted molar refractivity (Wildman–Crippen MR) is 79.3 cm³/mol. The van der Waals surface area contributed by atoms with E-state index in [4.69, 9.17) is 16.3 Å². The molecule has 0 saturated heterocycles. The fourth-order valence-corrected chi connectivity index (χ4v) is 1.85. The highest BCUT2D eigenvalue weighted by atomic mass is 35.5. The van der Waals surface area contributed by atoms with E-state index in [1.165, 1.54) is 24.5 Å². The smallest absolute Gasteiger partial charge is 0.316 e. The summed E-state index contributed by atoms with van der Waals surface area (Å²) in [6.45, 7) is 2.24. The number of halogens is 1. The molecule has 114 valence electrons. The number of hydrogen-bond acceptors (Lipinski definition) is 6. The van der Waals surface area contributed by atoms with E-state index in [9.17, 15) is 14.9 Å². The van der Waals surface area contributed by atoms with Crippen molar-refractivity contribution in [3.8, 4) is 6.01 Å². The van der Waals surface area contributed by atoms with Crippen molar-refractivity contribution in [3.05, 3.63) is 51.3 Å². The standard InChI is InChI=1S/C13H11ClN4O4/c1-2-22-13-15-6-8(7-16-13)17-12(19)10-4-3-9(18(20)21)5-11(10)14/h3-7H,2H2,1H3,(H,17,19). The lowest BCUT2D eigenvalue weighted by molar-refractivity contribution is -0.384. The van der Waals surface area contributed by atoms with E-state index in [-0.39, 0.29) is 22.3 Å². The Morgan fingerprint density at radius 1 is 1.41 bits per heavy atom. The number of rotatable bonds is 5. The van der Waals surface area contributed by atoms with E-state index in [1.807, 2.05) is 0 Å². The van der Waals surface area contributed by atoms with Crippen molar-refractivity contribution in [2.45, 2.75) is 6.92 Å². The fraction of sp³-hybridized carbons (Fsp3) is 0.154. The Morgan fingerprint density at radius 2 is 2.09 bits per heavy atom. The molecule has 0 saturated carbocycles. The maximum absolute atomic E-state index is 12.1. The third-order valence-electron chi connectivity index (χ3n) is 2.57. The zero-order valence-corrected chi connectivity index (χ0v) is 12.2. The van der Waals surface area contributed by atoms with Crippen molar-refractivity contribution in [2.75, 3.05) is 11.9 Å². The highest BCUT2D eigenvalue weighted by molar-refractivity contribution is 6.34. The third-order valence-corrected chi connectivity index (χ3v) is 2.88. The molecule has 2 aromatic rings. The second-order valence-electron chi connectivity index (χ2n) is 4.06. The summed E-state index contributed by atoms with van der Waals surface area (Å²) in [5.74, 6) is -0.521. The van der Waals surface area contributed by atoms with Crippen molar-refractivity contribution >= 4 is 28.9 Å². The van der Waals surface area contributed by atoms with Gasteiger partial charge in [-0.2, -0.15) is 0 Å². The molecule has 1 heterocycles. The number of ether oxygens (including phenoxy) is 1. The van der Waals surface area contributed by atoms with Gasteiger partial charge in [-0.3, -0.25) is 14.9 Å². The lowest BCUT2D eigenvalue weighted by Crippen LogP contribution is -2.13. The van der Waals surface area contributed by atoms with Crippen LogP contribution in [-0.2, 0) is 0 Å². The Kier molecular flexibility index (Phi) is 4.84. The van der Waals surface area contributed by atoms with Gasteiger partial charge in [0.1, 0.15) is 0 Å². The van der Waals surface area contributed by atoms with Crippen molar-refractivity contribution < 1.29 is 14.5 Å². The highest BCUT2D eigenvalue weighted by Crippen LogP contribution is 2.23. The number of anilines is 1. The summed E-state index contributed by atoms with van der Waals surface area (Å²) in [4.78, 5) is 29.9. The number of nitrogens with zero attached hydrogens (tertiary/aromatic N) is 3. The number of non-ortho nitro benzene ring substituents is 1. The van der Waals surface area contributed by atoms with Gasteiger partial charge in [0.05, 0.1) is 40.2 Å². The molecular weight excluding hydrogens is 312 g/mol. The van der Waals surface area contributed by atoms with E-state index in [0.29, 0.717) is 12.3 Å². The fourth-order valence-electron chi connectivity index (χ4n) is 1.58. The summed E-state index contributed by atoms with van der Waals surface area (Å²) in [6, 6.07) is 3.81. The quantitative estimate of drug-likeness (QED) is 0.669. The topological polar surface area (TPSA) is 107 Å². The SMILES string of the molecule is CCOc1ncc(NC(=O)c2ccc([N+](=O)[O-])cc2Cl)cn1. The number of carbonyl (C=O) groups excluding carboxylic acids is 1. The average molecular weight is 323 g/mol. The summed E-state index contributed by atoms with van der Waals surface area (Å²) >= 11 is 5.88. The molecule has 0 spiro atoms. The third kappa shape index (κ3) is 3.67. The van der Waals surface area contributed by atoms with Crippen LogP contribution in [0.4, 0.5) is 11.4 Å². The molecule has 9 heteroatoms. The number of benzene rings is 1. The molecule has 1 amide bonds. The number of carbonyl (C=O) groups is 1. The number of nitro benzene ring substituents is 1. The number of aromatic nitrogens is 2. The van der Waals surface area contributed by atoms with Gasteiger partial charge >= 0.3 is 6.01 Å². The molecule has 1 aromatic heterocycles. The summed E-state index contributed by atoms with van der Waals surface area (Å²) in [7, 11) is 0. The lowest BCUT2D eigenvalue weighted by Gasteiger charge is -2.07. The molecule has 0 atom stereocenters. The Labute approximate surface area is 130 Å². The molecule has 22 heavy (non-hydrogen) atoms. The van der Waals surface area contributed by atoms with Gasteiger partial charge in [0, 0.05) is 12.1 Å². The van der Waals surface area contributed by atoms with E-state index < -0.39 is 10.8 Å². The summed E-state index contributed by atoms with van der Waals surface area (Å²) in [5.41, 5.74) is 0.273. The zero-order chi connectivity index (χ0) is 16.1. The molecule has 0 fully saturated rings. The van der Waals surface area contributed by atoms with Crippen LogP contribution in [0.25, 0.3) is 0 Å². The maximum Gasteiger partial charge on any atom is 0.316 e. The van der Waals surface area contributed by atoms with E-state index >= 15 is 0 Å². The van der Waals surface area contributed by atoms with Crippen LogP contribution in [0.15, 0.2) is 30.6 Å². The molecule has 8 nitrogen and oxygen atoms in total. The lowest BCUT2D eigenvalue weighted by atomic mass is 10.2. The van der Waals surface area contributed by atoms with Crippen LogP contribution in [0.3, 0.4) is 0 Å². The van der Waals surface area contributed by atoms with E-state index in [2.05, 4.69) is 15.3 Å². The molecule has 1 aromatic carbocycles. The van der Waals surface area contributed by atoms with Crippen molar-refractivity contribution in [1.29, 1.82) is 0 Å². The largest absolute Gasteiger partial charge is 0.464 e. The van der Waals surface area contributed by atoms with Crippen LogP contribution in [0.5, 0.6) is 6.01 Å². The molecule has 0 radical (unpaired) electrons. The first-order chi connectivity index (χ1) is 10.5. The molecule has 1 N–H and O–H groups in total. The first-order valence-electron chi connectivity index (χ1n) is 6.21. The van der Waals surface area contributed by atoms with Crippen molar-refractivity contribution in [2.24, 2.45) is 0 Å². The number of nitro groups is 1. The second kappa shape index (κ2) is 6.81. The Balaban J connectivity index is 2.13. The van der Waals surface area contributed by atoms with E-state index in [0.717, 1.165) is 6.07 Å². The monoisotopic (exact) mass is 322 g/mol. The van der Waals surface area contributed by atoms with Gasteiger partial charge in [-0.25, -0.2) is 9.97 Å². The molecule has 0 bridgehead atoms. The number of nitrogens with one attached hydrogen (secondary N) is 1. The molecule has 0 unspecified atom stereocenters. The average Bonchev–Trinajstić information content (AvgIpc) is 2.49. The minimum Gasteiger partial charge on any atom is -0.464 e. The minimum atomic E-state index is -0.589. The second-order valence-corrected chi connectivity index (χ2v) is 4.47. The first kappa shape index (κ1) is 15.6. The van der Waals surface area contributed by atoms with Gasteiger partial charge in [-0.05, 0) is 13.0 Å². The highest BCUT2D eigenvalue weighted by Gasteiger charge is 2.15. The number of amides is 1. The molecule has 0 aliphatic rings. The van der Waals surface area contributed by atoms with Crippen molar-refractivity contribution in [1.82, 2.24) is 9.97 Å². The molecular formula is C13H11ClN4O4. The van der Waals surface area contributed by atoms with Crippen LogP contribution in [0, 0.1) is 10.1 Å². The summed E-state index contributed by atoms with van der Waals surface area (Å²) in [5, 5.41) is 13.2. The Bertz CT molecular complexity index is 706. The van der Waals surface area contributed by atoms with Gasteiger partial charge in [0.2, 0.25) is 0 Å². The van der Waals surface area contributed by atoms with Gasteiger partial charge in [0.25, 0.3) is 11.6 Å². The minimum absolute atomic E-state index is 0.0152. The van der Waals surface area contributed by atoms with Crippen LogP contribution in [0.1, 0.15) is 17.3 Å². The maximum atomic E-state index is 12.1. The van der Waals surface area contributed by atoms with Crippen molar-refractivity contribution in [3.63, 3.8) is 0 Å². The van der Waals surface area contributed by atoms with Gasteiger partial charge in [-0.1, -0.05) is 11.6 Å². The predicted octanol–water partition coefficient (Wildman–Crippen LogP) is 2.69. The number of hydrogen-bond donors (Lipinski definition) is 1. The van der Waals surface area contributed by atoms with Gasteiger partial charge < -0.3 is 10.1 Å².